The highest BCUT2D eigenvalue weighted by atomic mass is 16.5. The Morgan fingerprint density at radius 3 is 2.64 bits per heavy atom. The number of carbonyl (C=O) groups is 1. The van der Waals surface area contributed by atoms with Crippen molar-refractivity contribution in [3.63, 3.8) is 0 Å². The van der Waals surface area contributed by atoms with Gasteiger partial charge in [0.1, 0.15) is 11.6 Å². The summed E-state index contributed by atoms with van der Waals surface area (Å²) in [7, 11) is 3.15. The van der Waals surface area contributed by atoms with Crippen molar-refractivity contribution in [3.05, 3.63) is 66.6 Å². The lowest BCUT2D eigenvalue weighted by molar-refractivity contribution is 0.0577. The van der Waals surface area contributed by atoms with Gasteiger partial charge in [0.15, 0.2) is 0 Å². The summed E-state index contributed by atoms with van der Waals surface area (Å²) in [4.78, 5) is 16.4. The molecular formula is C25H27N5O3. The van der Waals surface area contributed by atoms with Gasteiger partial charge in [0, 0.05) is 36.0 Å². The second kappa shape index (κ2) is 8.91. The molecule has 2 heterocycles. The summed E-state index contributed by atoms with van der Waals surface area (Å²) in [6.45, 7) is 3.93. The first kappa shape index (κ1) is 22.3. The van der Waals surface area contributed by atoms with Gasteiger partial charge < -0.3 is 20.5 Å². The zero-order chi connectivity index (χ0) is 23.6. The SMILES string of the molecule is CNC(=O)c1ccc(Nc2cc3cc(-c4cnn(CC(C)(C)O)c4)ccc3cn2)c(OC)c1. The summed E-state index contributed by atoms with van der Waals surface area (Å²) in [5, 5.41) is 22.3. The average molecular weight is 446 g/mol. The van der Waals surface area contributed by atoms with Gasteiger partial charge >= 0.3 is 0 Å². The van der Waals surface area contributed by atoms with Crippen molar-refractivity contribution in [2.45, 2.75) is 26.0 Å². The van der Waals surface area contributed by atoms with E-state index in [1.165, 1.54) is 0 Å². The van der Waals surface area contributed by atoms with Gasteiger partial charge in [-0.1, -0.05) is 12.1 Å². The minimum absolute atomic E-state index is 0.179. The Labute approximate surface area is 192 Å². The van der Waals surface area contributed by atoms with Crippen molar-refractivity contribution in [3.8, 4) is 16.9 Å². The molecule has 33 heavy (non-hydrogen) atoms. The van der Waals surface area contributed by atoms with Gasteiger partial charge in [-0.15, -0.1) is 0 Å². The van der Waals surface area contributed by atoms with Crippen LogP contribution in [0.4, 0.5) is 11.5 Å². The van der Waals surface area contributed by atoms with Crippen LogP contribution in [-0.4, -0.2) is 45.5 Å². The molecule has 1 amide bonds. The number of amides is 1. The maximum atomic E-state index is 11.9. The van der Waals surface area contributed by atoms with Crippen LogP contribution in [0.15, 0.2) is 61.1 Å². The van der Waals surface area contributed by atoms with Gasteiger partial charge in [0.05, 0.1) is 31.1 Å². The Morgan fingerprint density at radius 1 is 1.09 bits per heavy atom. The molecule has 0 radical (unpaired) electrons. The smallest absolute Gasteiger partial charge is 0.251 e. The molecule has 0 aliphatic rings. The molecule has 4 aromatic rings. The molecule has 0 aliphatic carbocycles. The first-order valence-electron chi connectivity index (χ1n) is 10.6. The molecule has 170 valence electrons. The normalized spacial score (nSPS) is 11.4. The van der Waals surface area contributed by atoms with Crippen LogP contribution in [0.5, 0.6) is 5.75 Å². The molecule has 0 fully saturated rings. The highest BCUT2D eigenvalue weighted by molar-refractivity contribution is 5.95. The van der Waals surface area contributed by atoms with Crippen LogP contribution < -0.4 is 15.4 Å². The number of pyridine rings is 1. The van der Waals surface area contributed by atoms with Crippen molar-refractivity contribution >= 4 is 28.2 Å². The number of hydrogen-bond acceptors (Lipinski definition) is 6. The fourth-order valence-electron chi connectivity index (χ4n) is 3.60. The number of nitrogens with one attached hydrogen (secondary N) is 2. The number of nitrogens with zero attached hydrogens (tertiary/aromatic N) is 3. The molecule has 0 saturated carbocycles. The van der Waals surface area contributed by atoms with E-state index in [1.807, 2.05) is 30.6 Å². The van der Waals surface area contributed by atoms with Gasteiger partial charge in [0.25, 0.3) is 5.91 Å². The van der Waals surface area contributed by atoms with Crippen LogP contribution in [0.25, 0.3) is 21.9 Å². The van der Waals surface area contributed by atoms with E-state index < -0.39 is 5.60 Å². The van der Waals surface area contributed by atoms with Crippen molar-refractivity contribution in [2.75, 3.05) is 19.5 Å². The van der Waals surface area contributed by atoms with Crippen LogP contribution in [0.1, 0.15) is 24.2 Å². The molecule has 2 aromatic carbocycles. The van der Waals surface area contributed by atoms with E-state index >= 15 is 0 Å². The Morgan fingerprint density at radius 2 is 1.91 bits per heavy atom. The van der Waals surface area contributed by atoms with E-state index in [1.54, 1.807) is 57.1 Å². The Balaban J connectivity index is 1.61. The van der Waals surface area contributed by atoms with Gasteiger partial charge in [-0.2, -0.15) is 5.10 Å². The van der Waals surface area contributed by atoms with Crippen LogP contribution in [0.3, 0.4) is 0 Å². The zero-order valence-electron chi connectivity index (χ0n) is 19.1. The number of anilines is 2. The zero-order valence-corrected chi connectivity index (χ0v) is 19.1. The summed E-state index contributed by atoms with van der Waals surface area (Å²) < 4.78 is 7.20. The number of rotatable bonds is 7. The van der Waals surface area contributed by atoms with Gasteiger partial charge in [-0.05, 0) is 55.1 Å². The molecule has 8 heteroatoms. The summed E-state index contributed by atoms with van der Waals surface area (Å²) >= 11 is 0. The molecule has 0 atom stereocenters. The quantitative estimate of drug-likeness (QED) is 0.398. The third kappa shape index (κ3) is 5.12. The maximum Gasteiger partial charge on any atom is 0.251 e. The maximum absolute atomic E-state index is 11.9. The number of aromatic nitrogens is 3. The van der Waals surface area contributed by atoms with Crippen LogP contribution in [-0.2, 0) is 6.54 Å². The minimum Gasteiger partial charge on any atom is -0.495 e. The van der Waals surface area contributed by atoms with Gasteiger partial charge in [-0.25, -0.2) is 4.98 Å². The largest absolute Gasteiger partial charge is 0.495 e. The van der Waals surface area contributed by atoms with E-state index in [4.69, 9.17) is 4.74 Å². The van der Waals surface area contributed by atoms with E-state index in [0.29, 0.717) is 29.4 Å². The number of methoxy groups -OCH3 is 1. The topological polar surface area (TPSA) is 101 Å². The van der Waals surface area contributed by atoms with Crippen molar-refractivity contribution in [2.24, 2.45) is 0 Å². The first-order chi connectivity index (χ1) is 15.8. The summed E-state index contributed by atoms with van der Waals surface area (Å²) in [6.07, 6.45) is 5.54. The number of hydrogen-bond donors (Lipinski definition) is 3. The number of ether oxygens (including phenoxy) is 1. The third-order valence-electron chi connectivity index (χ3n) is 5.19. The molecule has 0 unspecified atom stereocenters. The van der Waals surface area contributed by atoms with Crippen LogP contribution >= 0.6 is 0 Å². The molecule has 3 N–H and O–H groups in total. The second-order valence-corrected chi connectivity index (χ2v) is 8.49. The standard InChI is InChI=1S/C25H27N5O3/c1-25(2,32)15-30-14-20(13-28-30)16-5-6-18-12-27-23(11-19(18)9-16)29-21-8-7-17(24(31)26-3)10-22(21)33-4/h5-14,32H,15H2,1-4H3,(H,26,31)(H,27,29). The van der Waals surface area contributed by atoms with E-state index in [-0.39, 0.29) is 5.91 Å². The lowest BCUT2D eigenvalue weighted by Crippen LogP contribution is -2.26. The van der Waals surface area contributed by atoms with E-state index in [9.17, 15) is 9.90 Å². The second-order valence-electron chi connectivity index (χ2n) is 8.49. The Kier molecular flexibility index (Phi) is 6.02. The fraction of sp³-hybridized carbons (Fsp3) is 0.240. The first-order valence-corrected chi connectivity index (χ1v) is 10.6. The lowest BCUT2D eigenvalue weighted by Gasteiger charge is -2.16. The average Bonchev–Trinajstić information content (AvgIpc) is 3.25. The number of aliphatic hydroxyl groups is 1. The predicted octanol–water partition coefficient (Wildman–Crippen LogP) is 3.98. The van der Waals surface area contributed by atoms with E-state index in [0.717, 1.165) is 21.9 Å². The number of benzene rings is 2. The van der Waals surface area contributed by atoms with Gasteiger partial charge in [-0.3, -0.25) is 9.48 Å². The van der Waals surface area contributed by atoms with E-state index in [2.05, 4.69) is 26.8 Å². The number of fused-ring (bicyclic) bond motifs is 1. The van der Waals surface area contributed by atoms with Crippen molar-refractivity contribution in [1.82, 2.24) is 20.1 Å². The minimum atomic E-state index is -0.835. The summed E-state index contributed by atoms with van der Waals surface area (Å²) in [5.41, 5.74) is 2.38. The monoisotopic (exact) mass is 445 g/mol. The summed E-state index contributed by atoms with van der Waals surface area (Å²) in [5.74, 6) is 1.02. The highest BCUT2D eigenvalue weighted by Gasteiger charge is 2.15. The molecule has 4 rings (SSSR count). The van der Waals surface area contributed by atoms with Crippen molar-refractivity contribution < 1.29 is 14.6 Å². The molecular weight excluding hydrogens is 418 g/mol. The van der Waals surface area contributed by atoms with Crippen LogP contribution in [0, 0.1) is 0 Å². The molecule has 0 aliphatic heterocycles. The number of carbonyl (C=O) groups excluding carboxylic acids is 1. The van der Waals surface area contributed by atoms with Gasteiger partial charge in [0.2, 0.25) is 0 Å². The Bertz CT molecular complexity index is 1310. The lowest BCUT2D eigenvalue weighted by atomic mass is 10.0. The van der Waals surface area contributed by atoms with Crippen molar-refractivity contribution in [1.29, 1.82) is 0 Å². The summed E-state index contributed by atoms with van der Waals surface area (Å²) in [6, 6.07) is 13.3. The fourth-order valence-corrected chi connectivity index (χ4v) is 3.60. The predicted molar refractivity (Wildman–Crippen MR) is 129 cm³/mol. The third-order valence-corrected chi connectivity index (χ3v) is 5.19. The molecule has 0 bridgehead atoms. The molecule has 0 spiro atoms. The van der Waals surface area contributed by atoms with Crippen LogP contribution in [0.2, 0.25) is 0 Å². The molecule has 8 nitrogen and oxygen atoms in total. The Hall–Kier alpha value is -3.91. The molecule has 2 aromatic heterocycles. The highest BCUT2D eigenvalue weighted by Crippen LogP contribution is 2.30. The molecule has 0 saturated heterocycles.